The van der Waals surface area contributed by atoms with Crippen LogP contribution >= 0.6 is 0 Å². The molecular weight excluding hydrogens is 266 g/mol. The van der Waals surface area contributed by atoms with Gasteiger partial charge in [0.2, 0.25) is 0 Å². The molecule has 0 radical (unpaired) electrons. The van der Waals surface area contributed by atoms with Gasteiger partial charge in [0.1, 0.15) is 6.26 Å². The van der Waals surface area contributed by atoms with Gasteiger partial charge in [0.05, 0.1) is 18.4 Å². The Morgan fingerprint density at radius 1 is 1.14 bits per heavy atom. The van der Waals surface area contributed by atoms with Gasteiger partial charge >= 0.3 is 0 Å². The average Bonchev–Trinajstić information content (AvgIpc) is 3.20. The minimum Gasteiger partial charge on any atom is -0.472 e. The fraction of sp³-hybridized carbons (Fsp3) is 0.706. The van der Waals surface area contributed by atoms with Gasteiger partial charge in [-0.15, -0.1) is 0 Å². The smallest absolute Gasteiger partial charge is 0.257 e. The number of carbonyl (C=O) groups is 1. The van der Waals surface area contributed by atoms with Gasteiger partial charge in [0.25, 0.3) is 5.91 Å². The summed E-state index contributed by atoms with van der Waals surface area (Å²) in [5.74, 6) is 1.27. The summed E-state index contributed by atoms with van der Waals surface area (Å²) in [5.41, 5.74) is 0.671. The minimum absolute atomic E-state index is 0.112. The van der Waals surface area contributed by atoms with Gasteiger partial charge in [-0.05, 0) is 31.2 Å². The SMILES string of the molecule is O=C(c1ccoc1)N(CC1CCCCC1)C[C@H]1CCOC1. The van der Waals surface area contributed by atoms with Crippen molar-refractivity contribution < 1.29 is 13.9 Å². The van der Waals surface area contributed by atoms with E-state index in [-0.39, 0.29) is 5.91 Å². The molecule has 2 fully saturated rings. The standard InChI is InChI=1S/C17H25NO3/c19-17(16-7-9-21-13-16)18(11-15-6-8-20-12-15)10-14-4-2-1-3-5-14/h7,9,13-15H,1-6,8,10-12H2/t15-/m1/s1. The number of hydrogen-bond acceptors (Lipinski definition) is 3. The first kappa shape index (κ1) is 14.6. The molecule has 1 amide bonds. The van der Waals surface area contributed by atoms with E-state index in [1.54, 1.807) is 18.6 Å². The van der Waals surface area contributed by atoms with E-state index in [0.717, 1.165) is 32.7 Å². The predicted molar refractivity (Wildman–Crippen MR) is 80.1 cm³/mol. The second-order valence-electron chi connectivity index (χ2n) is 6.46. The largest absolute Gasteiger partial charge is 0.472 e. The van der Waals surface area contributed by atoms with Crippen LogP contribution < -0.4 is 0 Å². The highest BCUT2D eigenvalue weighted by atomic mass is 16.5. The molecule has 21 heavy (non-hydrogen) atoms. The van der Waals surface area contributed by atoms with Gasteiger partial charge < -0.3 is 14.1 Å². The quantitative estimate of drug-likeness (QED) is 0.835. The number of amides is 1. The van der Waals surface area contributed by atoms with E-state index in [1.807, 2.05) is 4.90 Å². The highest BCUT2D eigenvalue weighted by Crippen LogP contribution is 2.26. The van der Waals surface area contributed by atoms with Crippen molar-refractivity contribution in [2.24, 2.45) is 11.8 Å². The maximum atomic E-state index is 12.7. The van der Waals surface area contributed by atoms with Crippen LogP contribution in [0.2, 0.25) is 0 Å². The summed E-state index contributed by atoms with van der Waals surface area (Å²) < 4.78 is 10.5. The lowest BCUT2D eigenvalue weighted by molar-refractivity contribution is 0.0672. The zero-order chi connectivity index (χ0) is 14.5. The molecule has 0 spiro atoms. The molecule has 2 heterocycles. The zero-order valence-electron chi connectivity index (χ0n) is 12.6. The molecule has 4 heteroatoms. The van der Waals surface area contributed by atoms with Crippen molar-refractivity contribution in [1.29, 1.82) is 0 Å². The number of carbonyl (C=O) groups excluding carboxylic acids is 1. The molecule has 0 bridgehead atoms. The first-order valence-electron chi connectivity index (χ1n) is 8.22. The Bertz CT molecular complexity index is 431. The van der Waals surface area contributed by atoms with Gasteiger partial charge in [0.15, 0.2) is 0 Å². The predicted octanol–water partition coefficient (Wildman–Crippen LogP) is 3.34. The van der Waals surface area contributed by atoms with Gasteiger partial charge in [-0.3, -0.25) is 4.79 Å². The fourth-order valence-electron chi connectivity index (χ4n) is 3.53. The van der Waals surface area contributed by atoms with E-state index in [0.29, 0.717) is 17.4 Å². The molecule has 1 saturated heterocycles. The summed E-state index contributed by atoms with van der Waals surface area (Å²) in [6.45, 7) is 3.34. The van der Waals surface area contributed by atoms with Crippen molar-refractivity contribution in [3.63, 3.8) is 0 Å². The number of ether oxygens (including phenoxy) is 1. The van der Waals surface area contributed by atoms with Crippen molar-refractivity contribution in [2.75, 3.05) is 26.3 Å². The lowest BCUT2D eigenvalue weighted by Crippen LogP contribution is -2.39. The van der Waals surface area contributed by atoms with E-state index in [4.69, 9.17) is 9.15 Å². The van der Waals surface area contributed by atoms with Crippen LogP contribution in [0.5, 0.6) is 0 Å². The number of hydrogen-bond donors (Lipinski definition) is 0. The topological polar surface area (TPSA) is 42.7 Å². The Morgan fingerprint density at radius 2 is 1.95 bits per heavy atom. The molecule has 1 aliphatic carbocycles. The molecule has 1 aromatic rings. The minimum atomic E-state index is 0.112. The number of furan rings is 1. The van der Waals surface area contributed by atoms with E-state index in [9.17, 15) is 4.79 Å². The lowest BCUT2D eigenvalue weighted by atomic mass is 9.88. The zero-order valence-corrected chi connectivity index (χ0v) is 12.6. The third kappa shape index (κ3) is 3.88. The molecule has 1 atom stereocenters. The van der Waals surface area contributed by atoms with E-state index in [2.05, 4.69) is 0 Å². The molecule has 0 aromatic carbocycles. The van der Waals surface area contributed by atoms with Crippen molar-refractivity contribution >= 4 is 5.91 Å². The Morgan fingerprint density at radius 3 is 2.62 bits per heavy atom. The van der Waals surface area contributed by atoms with Crippen LogP contribution in [0.15, 0.2) is 23.0 Å². The Kier molecular flexibility index (Phi) is 4.96. The molecule has 3 rings (SSSR count). The molecule has 1 aliphatic heterocycles. The van der Waals surface area contributed by atoms with Gasteiger partial charge in [-0.1, -0.05) is 19.3 Å². The van der Waals surface area contributed by atoms with Crippen LogP contribution in [-0.4, -0.2) is 37.1 Å². The lowest BCUT2D eigenvalue weighted by Gasteiger charge is -2.31. The van der Waals surface area contributed by atoms with Crippen molar-refractivity contribution in [2.45, 2.75) is 38.5 Å². The third-order valence-electron chi connectivity index (χ3n) is 4.76. The molecule has 0 unspecified atom stereocenters. The van der Waals surface area contributed by atoms with Crippen molar-refractivity contribution in [1.82, 2.24) is 4.90 Å². The average molecular weight is 291 g/mol. The van der Waals surface area contributed by atoms with Gasteiger partial charge in [-0.25, -0.2) is 0 Å². The van der Waals surface area contributed by atoms with Crippen LogP contribution in [0.4, 0.5) is 0 Å². The van der Waals surface area contributed by atoms with E-state index < -0.39 is 0 Å². The fourth-order valence-corrected chi connectivity index (χ4v) is 3.53. The van der Waals surface area contributed by atoms with Gasteiger partial charge in [-0.2, -0.15) is 0 Å². The van der Waals surface area contributed by atoms with Crippen LogP contribution in [-0.2, 0) is 4.74 Å². The third-order valence-corrected chi connectivity index (χ3v) is 4.76. The molecule has 4 nitrogen and oxygen atoms in total. The maximum absolute atomic E-state index is 12.7. The summed E-state index contributed by atoms with van der Waals surface area (Å²) in [6.07, 6.45) is 10.7. The summed E-state index contributed by atoms with van der Waals surface area (Å²) in [7, 11) is 0. The summed E-state index contributed by atoms with van der Waals surface area (Å²) in [6, 6.07) is 1.77. The number of nitrogens with zero attached hydrogens (tertiary/aromatic N) is 1. The van der Waals surface area contributed by atoms with E-state index in [1.165, 1.54) is 32.1 Å². The molecule has 116 valence electrons. The highest BCUT2D eigenvalue weighted by molar-refractivity contribution is 5.93. The van der Waals surface area contributed by atoms with Crippen LogP contribution in [0.1, 0.15) is 48.9 Å². The summed E-state index contributed by atoms with van der Waals surface area (Å²) >= 11 is 0. The monoisotopic (exact) mass is 291 g/mol. The van der Waals surface area contributed by atoms with Crippen LogP contribution in [0.3, 0.4) is 0 Å². The Hall–Kier alpha value is -1.29. The molecular formula is C17H25NO3. The first-order chi connectivity index (χ1) is 10.3. The Balaban J connectivity index is 1.65. The molecule has 1 aromatic heterocycles. The van der Waals surface area contributed by atoms with E-state index >= 15 is 0 Å². The second kappa shape index (κ2) is 7.12. The van der Waals surface area contributed by atoms with Crippen molar-refractivity contribution in [3.05, 3.63) is 24.2 Å². The van der Waals surface area contributed by atoms with Gasteiger partial charge in [0, 0.05) is 25.6 Å². The Labute approximate surface area is 126 Å². The van der Waals surface area contributed by atoms with Crippen LogP contribution in [0.25, 0.3) is 0 Å². The molecule has 2 aliphatic rings. The summed E-state index contributed by atoms with van der Waals surface area (Å²) in [5, 5.41) is 0. The number of rotatable bonds is 5. The summed E-state index contributed by atoms with van der Waals surface area (Å²) in [4.78, 5) is 14.7. The molecule has 1 saturated carbocycles. The highest BCUT2D eigenvalue weighted by Gasteiger charge is 2.26. The molecule has 0 N–H and O–H groups in total. The maximum Gasteiger partial charge on any atom is 0.257 e. The van der Waals surface area contributed by atoms with Crippen molar-refractivity contribution in [3.8, 4) is 0 Å². The normalized spacial score (nSPS) is 23.3. The second-order valence-corrected chi connectivity index (χ2v) is 6.46. The van der Waals surface area contributed by atoms with Crippen LogP contribution in [0, 0.1) is 11.8 Å². The first-order valence-corrected chi connectivity index (χ1v) is 8.22.